The molecule has 4 nitrogen and oxygen atoms in total. The van der Waals surface area contributed by atoms with E-state index in [1.54, 1.807) is 12.1 Å². The van der Waals surface area contributed by atoms with Crippen molar-refractivity contribution in [2.24, 2.45) is 5.90 Å². The molecule has 0 spiro atoms. The molecule has 0 radical (unpaired) electrons. The first-order chi connectivity index (χ1) is 4.75. The number of phenolic OH excluding ortho intramolecular Hbond substituents is 1. The predicted molar refractivity (Wildman–Crippen MR) is 44.6 cm³/mol. The molecule has 1 aromatic carbocycles. The fraction of sp³-hybridized carbons (Fsp3) is 0. The van der Waals surface area contributed by atoms with E-state index < -0.39 is 0 Å². The van der Waals surface area contributed by atoms with Gasteiger partial charge in [0.15, 0.2) is 5.75 Å². The van der Waals surface area contributed by atoms with Crippen molar-refractivity contribution in [3.8, 4) is 11.5 Å². The van der Waals surface area contributed by atoms with Gasteiger partial charge in [0, 0.05) is 0 Å². The molecule has 0 aromatic heterocycles. The van der Waals surface area contributed by atoms with Crippen molar-refractivity contribution < 1.29 is 9.94 Å². The van der Waals surface area contributed by atoms with E-state index >= 15 is 0 Å². The Morgan fingerprint density at radius 2 is 2.00 bits per heavy atom. The van der Waals surface area contributed by atoms with Gasteiger partial charge in [-0.2, -0.15) is 5.90 Å². The average Bonchev–Trinajstić information content (AvgIpc) is 1.95. The lowest BCUT2D eigenvalue weighted by Gasteiger charge is -2.02. The number of para-hydroxylation sites is 1. The Morgan fingerprint density at radius 3 is 2.45 bits per heavy atom. The first-order valence-electron chi connectivity index (χ1n) is 2.70. The summed E-state index contributed by atoms with van der Waals surface area (Å²) in [5, 5.41) is 8.97. The third-order valence-corrected chi connectivity index (χ3v) is 1.17. The second-order valence-corrected chi connectivity index (χ2v) is 1.81. The molecular formula is C6H9ClN2O2. The number of hydrogen-bond acceptors (Lipinski definition) is 4. The summed E-state index contributed by atoms with van der Waals surface area (Å²) in [7, 11) is 0. The van der Waals surface area contributed by atoms with Crippen molar-refractivity contribution in [1.29, 1.82) is 0 Å². The number of aromatic hydroxyl groups is 1. The lowest BCUT2D eigenvalue weighted by Crippen LogP contribution is -2.04. The molecule has 5 N–H and O–H groups in total. The number of nitrogen functional groups attached to an aromatic ring is 1. The zero-order valence-electron chi connectivity index (χ0n) is 5.65. The van der Waals surface area contributed by atoms with Crippen LogP contribution in [-0.2, 0) is 0 Å². The van der Waals surface area contributed by atoms with E-state index in [1.165, 1.54) is 6.07 Å². The molecule has 0 aliphatic carbocycles. The van der Waals surface area contributed by atoms with Crippen molar-refractivity contribution in [2.45, 2.75) is 0 Å². The molecule has 5 heteroatoms. The summed E-state index contributed by atoms with van der Waals surface area (Å²) in [4.78, 5) is 4.34. The van der Waals surface area contributed by atoms with Gasteiger partial charge in [-0.3, -0.25) is 0 Å². The third-order valence-electron chi connectivity index (χ3n) is 1.17. The summed E-state index contributed by atoms with van der Waals surface area (Å²) in [5.74, 6) is 5.08. The first kappa shape index (κ1) is 9.87. The molecular weight excluding hydrogens is 168 g/mol. The number of halogens is 1. The van der Waals surface area contributed by atoms with Crippen LogP contribution in [-0.4, -0.2) is 5.11 Å². The number of hydrogen-bond donors (Lipinski definition) is 3. The Hall–Kier alpha value is -1.13. The molecule has 0 fully saturated rings. The Labute approximate surface area is 70.1 Å². The normalized spacial score (nSPS) is 8.45. The zero-order valence-corrected chi connectivity index (χ0v) is 6.47. The molecule has 11 heavy (non-hydrogen) atoms. The highest BCUT2D eigenvalue weighted by Gasteiger charge is 2.01. The quantitative estimate of drug-likeness (QED) is 0.333. The maximum Gasteiger partial charge on any atom is 0.173 e. The van der Waals surface area contributed by atoms with Crippen LogP contribution in [0.3, 0.4) is 0 Å². The highest BCUT2D eigenvalue weighted by molar-refractivity contribution is 5.85. The zero-order chi connectivity index (χ0) is 7.56. The van der Waals surface area contributed by atoms with Gasteiger partial charge in [-0.1, -0.05) is 6.07 Å². The summed E-state index contributed by atoms with van der Waals surface area (Å²) in [6.07, 6.45) is 0. The summed E-state index contributed by atoms with van der Waals surface area (Å²) < 4.78 is 0. The summed E-state index contributed by atoms with van der Waals surface area (Å²) in [6, 6.07) is 4.61. The molecule has 0 aliphatic heterocycles. The lowest BCUT2D eigenvalue weighted by molar-refractivity contribution is 0.334. The molecule has 0 bridgehead atoms. The maximum atomic E-state index is 8.97. The minimum absolute atomic E-state index is 0. The van der Waals surface area contributed by atoms with E-state index in [4.69, 9.17) is 16.7 Å². The van der Waals surface area contributed by atoms with E-state index in [9.17, 15) is 0 Å². The van der Waals surface area contributed by atoms with Gasteiger partial charge in [-0.15, -0.1) is 12.4 Å². The van der Waals surface area contributed by atoms with Gasteiger partial charge in [0.05, 0.1) is 0 Å². The second-order valence-electron chi connectivity index (χ2n) is 1.81. The molecule has 0 saturated heterocycles. The van der Waals surface area contributed by atoms with Gasteiger partial charge in [0.2, 0.25) is 0 Å². The van der Waals surface area contributed by atoms with Crippen molar-refractivity contribution >= 4 is 18.1 Å². The van der Waals surface area contributed by atoms with Crippen LogP contribution in [0.2, 0.25) is 0 Å². The van der Waals surface area contributed by atoms with Gasteiger partial charge in [-0.05, 0) is 12.1 Å². The summed E-state index contributed by atoms with van der Waals surface area (Å²) >= 11 is 0. The molecule has 0 unspecified atom stereocenters. The molecule has 1 aromatic rings. The Balaban J connectivity index is 0.000001000. The number of nitrogens with two attached hydrogens (primary N) is 2. The average molecular weight is 177 g/mol. The Morgan fingerprint density at radius 1 is 1.36 bits per heavy atom. The van der Waals surface area contributed by atoms with Crippen molar-refractivity contribution in [3.63, 3.8) is 0 Å². The van der Waals surface area contributed by atoms with E-state index in [-0.39, 0.29) is 29.6 Å². The first-order valence-corrected chi connectivity index (χ1v) is 2.70. The van der Waals surface area contributed by atoms with Gasteiger partial charge >= 0.3 is 0 Å². The molecule has 62 valence electrons. The third kappa shape index (κ3) is 1.89. The monoisotopic (exact) mass is 176 g/mol. The van der Waals surface area contributed by atoms with Crippen LogP contribution in [0, 0.1) is 0 Å². The molecule has 0 atom stereocenters. The number of rotatable bonds is 1. The molecule has 0 heterocycles. The minimum atomic E-state index is -0.0250. The smallest absolute Gasteiger partial charge is 0.173 e. The topological polar surface area (TPSA) is 81.5 Å². The van der Waals surface area contributed by atoms with Crippen LogP contribution in [0.4, 0.5) is 5.69 Å². The fourth-order valence-corrected chi connectivity index (χ4v) is 0.635. The van der Waals surface area contributed by atoms with E-state index in [2.05, 4.69) is 4.84 Å². The van der Waals surface area contributed by atoms with Gasteiger partial charge in [-0.25, -0.2) is 0 Å². The van der Waals surface area contributed by atoms with Crippen molar-refractivity contribution in [1.82, 2.24) is 0 Å². The minimum Gasteiger partial charge on any atom is -0.506 e. The van der Waals surface area contributed by atoms with Crippen molar-refractivity contribution in [3.05, 3.63) is 18.2 Å². The molecule has 0 saturated carbocycles. The lowest BCUT2D eigenvalue weighted by atomic mass is 10.3. The van der Waals surface area contributed by atoms with Crippen LogP contribution in [0.5, 0.6) is 11.5 Å². The van der Waals surface area contributed by atoms with Gasteiger partial charge in [0.25, 0.3) is 0 Å². The van der Waals surface area contributed by atoms with Crippen LogP contribution >= 0.6 is 12.4 Å². The van der Waals surface area contributed by atoms with Gasteiger partial charge < -0.3 is 15.7 Å². The maximum absolute atomic E-state index is 8.97. The van der Waals surface area contributed by atoms with E-state index in [0.717, 1.165) is 0 Å². The molecule has 0 amide bonds. The second kappa shape index (κ2) is 3.90. The van der Waals surface area contributed by atoms with Crippen LogP contribution in [0.25, 0.3) is 0 Å². The number of phenols is 1. The van der Waals surface area contributed by atoms with Crippen LogP contribution < -0.4 is 16.5 Å². The van der Waals surface area contributed by atoms with Crippen LogP contribution in [0.1, 0.15) is 0 Å². The van der Waals surface area contributed by atoms with E-state index in [0.29, 0.717) is 0 Å². The number of anilines is 1. The van der Waals surface area contributed by atoms with Gasteiger partial charge in [0.1, 0.15) is 11.4 Å². The summed E-state index contributed by atoms with van der Waals surface area (Å²) in [6.45, 7) is 0. The van der Waals surface area contributed by atoms with Crippen molar-refractivity contribution in [2.75, 3.05) is 5.73 Å². The van der Waals surface area contributed by atoms with E-state index in [1.807, 2.05) is 0 Å². The number of benzene rings is 1. The summed E-state index contributed by atoms with van der Waals surface area (Å²) in [5.41, 5.74) is 5.50. The largest absolute Gasteiger partial charge is 0.506 e. The molecule has 1 rings (SSSR count). The highest BCUT2D eigenvalue weighted by atomic mass is 35.5. The standard InChI is InChI=1S/C6H8N2O2.ClH/c7-6-4(9)2-1-3-5(6)10-8;/h1-3,9H,7-8H2;1H. The predicted octanol–water partition coefficient (Wildman–Crippen LogP) is 0.649. The Kier molecular flexibility index (Phi) is 3.50. The molecule has 0 aliphatic rings. The Bertz CT molecular complexity index is 242. The SMILES string of the molecule is Cl.NOc1cccc(O)c1N. The fourth-order valence-electron chi connectivity index (χ4n) is 0.635. The van der Waals surface area contributed by atoms with Crippen LogP contribution in [0.15, 0.2) is 18.2 Å². The highest BCUT2D eigenvalue weighted by Crippen LogP contribution is 2.28.